The number of ether oxygens (including phenoxy) is 1. The van der Waals surface area contributed by atoms with Crippen LogP contribution in [-0.4, -0.2) is 16.9 Å². The Bertz CT molecular complexity index is 479. The second-order valence-corrected chi connectivity index (χ2v) is 3.61. The van der Waals surface area contributed by atoms with E-state index in [9.17, 15) is 0 Å². The molecule has 0 atom stereocenters. The van der Waals surface area contributed by atoms with Crippen molar-refractivity contribution in [1.82, 2.24) is 9.78 Å². The normalized spacial score (nSPS) is 10.3. The van der Waals surface area contributed by atoms with Crippen molar-refractivity contribution in [3.8, 4) is 11.4 Å². The van der Waals surface area contributed by atoms with E-state index in [0.717, 1.165) is 11.4 Å². The molecule has 3 nitrogen and oxygen atoms in total. The molecule has 1 aromatic carbocycles. The molecule has 0 fully saturated rings. The molecule has 0 bridgehead atoms. The highest BCUT2D eigenvalue weighted by molar-refractivity contribution is 6.32. The largest absolute Gasteiger partial charge is 0.495 e. The van der Waals surface area contributed by atoms with E-state index >= 15 is 0 Å². The third kappa shape index (κ3) is 1.83. The molecule has 0 spiro atoms. The quantitative estimate of drug-likeness (QED) is 0.781. The van der Waals surface area contributed by atoms with Crippen molar-refractivity contribution in [2.45, 2.75) is 6.92 Å². The van der Waals surface area contributed by atoms with Gasteiger partial charge in [-0.15, -0.1) is 0 Å². The third-order valence-electron chi connectivity index (χ3n) is 2.21. The highest BCUT2D eigenvalue weighted by atomic mass is 35.5. The van der Waals surface area contributed by atoms with E-state index in [1.165, 1.54) is 0 Å². The minimum atomic E-state index is 0.588. The average molecular weight is 223 g/mol. The Kier molecular flexibility index (Phi) is 2.64. The number of benzene rings is 1. The van der Waals surface area contributed by atoms with Crippen molar-refractivity contribution < 1.29 is 4.74 Å². The van der Waals surface area contributed by atoms with Crippen LogP contribution in [0.3, 0.4) is 0 Å². The first-order valence-corrected chi connectivity index (χ1v) is 4.94. The molecule has 0 radical (unpaired) electrons. The van der Waals surface area contributed by atoms with Crippen LogP contribution in [-0.2, 0) is 0 Å². The van der Waals surface area contributed by atoms with Crippen molar-refractivity contribution >= 4 is 11.6 Å². The topological polar surface area (TPSA) is 27.1 Å². The Balaban J connectivity index is 2.47. The average Bonchev–Trinajstić information content (AvgIpc) is 2.64. The first-order chi connectivity index (χ1) is 7.22. The molecule has 15 heavy (non-hydrogen) atoms. The van der Waals surface area contributed by atoms with Crippen molar-refractivity contribution in [3.05, 3.63) is 41.2 Å². The Morgan fingerprint density at radius 1 is 1.33 bits per heavy atom. The van der Waals surface area contributed by atoms with E-state index in [2.05, 4.69) is 5.10 Å². The van der Waals surface area contributed by atoms with Gasteiger partial charge in [0.25, 0.3) is 0 Å². The van der Waals surface area contributed by atoms with Crippen molar-refractivity contribution in [1.29, 1.82) is 0 Å². The number of nitrogens with zero attached hydrogens (tertiary/aromatic N) is 2. The summed E-state index contributed by atoms with van der Waals surface area (Å²) in [5, 5.41) is 4.79. The summed E-state index contributed by atoms with van der Waals surface area (Å²) < 4.78 is 6.91. The molecule has 2 aromatic rings. The van der Waals surface area contributed by atoms with Crippen LogP contribution in [0.15, 0.2) is 30.5 Å². The lowest BCUT2D eigenvalue weighted by molar-refractivity contribution is 0.415. The lowest BCUT2D eigenvalue weighted by Crippen LogP contribution is -1.98. The zero-order valence-corrected chi connectivity index (χ0v) is 9.32. The third-order valence-corrected chi connectivity index (χ3v) is 2.51. The fourth-order valence-electron chi connectivity index (χ4n) is 1.43. The second kappa shape index (κ2) is 3.95. The highest BCUT2D eigenvalue weighted by Crippen LogP contribution is 2.26. The van der Waals surface area contributed by atoms with Crippen LogP contribution in [0, 0.1) is 6.92 Å². The predicted octanol–water partition coefficient (Wildman–Crippen LogP) is 2.84. The maximum Gasteiger partial charge on any atom is 0.137 e. The van der Waals surface area contributed by atoms with Crippen LogP contribution >= 0.6 is 11.6 Å². The summed E-state index contributed by atoms with van der Waals surface area (Å²) in [6, 6.07) is 7.53. The van der Waals surface area contributed by atoms with Gasteiger partial charge in [0, 0.05) is 11.9 Å². The Labute approximate surface area is 93.2 Å². The SMILES string of the molecule is COc1ccc(-n2nccc2C)cc1Cl. The first-order valence-electron chi connectivity index (χ1n) is 4.57. The van der Waals surface area contributed by atoms with Gasteiger partial charge in [-0.2, -0.15) is 5.10 Å². The van der Waals surface area contributed by atoms with Crippen molar-refractivity contribution in [3.63, 3.8) is 0 Å². The number of rotatable bonds is 2. The molecule has 0 aliphatic carbocycles. The number of halogens is 1. The van der Waals surface area contributed by atoms with Gasteiger partial charge >= 0.3 is 0 Å². The molecular weight excluding hydrogens is 212 g/mol. The van der Waals surface area contributed by atoms with E-state index in [0.29, 0.717) is 10.8 Å². The van der Waals surface area contributed by atoms with Gasteiger partial charge in [0.1, 0.15) is 5.75 Å². The fourth-order valence-corrected chi connectivity index (χ4v) is 1.68. The van der Waals surface area contributed by atoms with Crippen LogP contribution in [0.1, 0.15) is 5.69 Å². The molecule has 78 valence electrons. The summed E-state index contributed by atoms with van der Waals surface area (Å²) in [4.78, 5) is 0. The Morgan fingerprint density at radius 2 is 2.13 bits per heavy atom. The summed E-state index contributed by atoms with van der Waals surface area (Å²) in [5.41, 5.74) is 2.00. The van der Waals surface area contributed by atoms with Crippen LogP contribution < -0.4 is 4.74 Å². The smallest absolute Gasteiger partial charge is 0.137 e. The molecule has 0 unspecified atom stereocenters. The highest BCUT2D eigenvalue weighted by Gasteiger charge is 2.05. The van der Waals surface area contributed by atoms with Crippen LogP contribution in [0.4, 0.5) is 0 Å². The molecule has 2 rings (SSSR count). The van der Waals surface area contributed by atoms with Gasteiger partial charge in [-0.25, -0.2) is 4.68 Å². The molecule has 1 aromatic heterocycles. The first kappa shape index (κ1) is 10.1. The van der Waals surface area contributed by atoms with Crippen molar-refractivity contribution in [2.24, 2.45) is 0 Å². The maximum absolute atomic E-state index is 6.03. The predicted molar refractivity (Wildman–Crippen MR) is 59.9 cm³/mol. The molecule has 0 saturated heterocycles. The summed E-state index contributed by atoms with van der Waals surface area (Å²) in [6.07, 6.45) is 1.76. The van der Waals surface area contributed by atoms with Gasteiger partial charge in [0.15, 0.2) is 0 Å². The van der Waals surface area contributed by atoms with Crippen LogP contribution in [0.25, 0.3) is 5.69 Å². The minimum absolute atomic E-state index is 0.588. The lowest BCUT2D eigenvalue weighted by Gasteiger charge is -2.07. The molecular formula is C11H11ClN2O. The number of hydrogen-bond acceptors (Lipinski definition) is 2. The van der Waals surface area contributed by atoms with Gasteiger partial charge in [0.05, 0.1) is 17.8 Å². The number of hydrogen-bond donors (Lipinski definition) is 0. The summed E-state index contributed by atoms with van der Waals surface area (Å²) in [5.74, 6) is 0.672. The number of methoxy groups -OCH3 is 1. The van der Waals surface area contributed by atoms with Gasteiger partial charge in [-0.3, -0.25) is 0 Å². The molecule has 0 saturated carbocycles. The minimum Gasteiger partial charge on any atom is -0.495 e. The maximum atomic E-state index is 6.03. The molecule has 0 aliphatic heterocycles. The number of aryl methyl sites for hydroxylation is 1. The Morgan fingerprint density at radius 3 is 2.67 bits per heavy atom. The van der Waals surface area contributed by atoms with Gasteiger partial charge < -0.3 is 4.74 Å². The van der Waals surface area contributed by atoms with Crippen molar-refractivity contribution in [2.75, 3.05) is 7.11 Å². The summed E-state index contributed by atoms with van der Waals surface area (Å²) >= 11 is 6.03. The zero-order chi connectivity index (χ0) is 10.8. The van der Waals surface area contributed by atoms with Gasteiger partial charge in [-0.1, -0.05) is 11.6 Å². The molecule has 0 amide bonds. The molecule has 0 N–H and O–H groups in total. The van der Waals surface area contributed by atoms with E-state index in [1.54, 1.807) is 13.3 Å². The molecule has 0 aliphatic rings. The lowest BCUT2D eigenvalue weighted by atomic mass is 10.3. The molecule has 1 heterocycles. The Hall–Kier alpha value is -1.48. The molecule has 4 heteroatoms. The van der Waals surface area contributed by atoms with E-state index in [4.69, 9.17) is 16.3 Å². The standard InChI is InChI=1S/C11H11ClN2O/c1-8-5-6-13-14(8)9-3-4-11(15-2)10(12)7-9/h3-7H,1-2H3. The monoisotopic (exact) mass is 222 g/mol. The van der Waals surface area contributed by atoms with E-state index in [-0.39, 0.29) is 0 Å². The van der Waals surface area contributed by atoms with Crippen LogP contribution in [0.5, 0.6) is 5.75 Å². The van der Waals surface area contributed by atoms with E-state index < -0.39 is 0 Å². The zero-order valence-electron chi connectivity index (χ0n) is 8.57. The fraction of sp³-hybridized carbons (Fsp3) is 0.182. The van der Waals surface area contributed by atoms with Gasteiger partial charge in [0.2, 0.25) is 0 Å². The second-order valence-electron chi connectivity index (χ2n) is 3.20. The van der Waals surface area contributed by atoms with Crippen LogP contribution in [0.2, 0.25) is 5.02 Å². The summed E-state index contributed by atoms with van der Waals surface area (Å²) in [7, 11) is 1.60. The van der Waals surface area contributed by atoms with Gasteiger partial charge in [-0.05, 0) is 31.2 Å². The summed E-state index contributed by atoms with van der Waals surface area (Å²) in [6.45, 7) is 1.99. The number of aromatic nitrogens is 2. The van der Waals surface area contributed by atoms with E-state index in [1.807, 2.05) is 35.9 Å².